The summed E-state index contributed by atoms with van der Waals surface area (Å²) in [5.74, 6) is 0.549. The van der Waals surface area contributed by atoms with Crippen LogP contribution in [-0.4, -0.2) is 27.5 Å². The Balaban J connectivity index is 1.81. The van der Waals surface area contributed by atoms with E-state index in [1.807, 2.05) is 54.6 Å². The number of nitrogens with one attached hydrogen (secondary N) is 2. The highest BCUT2D eigenvalue weighted by molar-refractivity contribution is 6.03. The molecule has 0 fully saturated rings. The molecule has 2 aliphatic rings. The number of nitrogens with zero attached hydrogens (tertiary/aromatic N) is 2. The zero-order valence-corrected chi connectivity index (χ0v) is 13.6. The lowest BCUT2D eigenvalue weighted by atomic mass is 10.1. The van der Waals surface area contributed by atoms with Gasteiger partial charge in [-0.1, -0.05) is 36.4 Å². The van der Waals surface area contributed by atoms with Crippen LogP contribution in [0.25, 0.3) is 22.3 Å². The second-order valence-electron chi connectivity index (χ2n) is 5.49. The molecule has 1 aliphatic carbocycles. The Morgan fingerprint density at radius 2 is 1.88 bits per heavy atom. The summed E-state index contributed by atoms with van der Waals surface area (Å²) in [7, 11) is 0. The molecule has 2 heterocycles. The van der Waals surface area contributed by atoms with Crippen LogP contribution in [-0.2, 0) is 4.74 Å². The molecular weight excluding hydrogens is 316 g/mol. The molecule has 0 spiro atoms. The lowest BCUT2D eigenvalue weighted by Crippen LogP contribution is -2.07. The first kappa shape index (κ1) is 15.1. The molecule has 0 saturated carbocycles. The largest absolute Gasteiger partial charge is 0.462 e. The summed E-state index contributed by atoms with van der Waals surface area (Å²) in [6.07, 6.45) is 0. The third-order valence-corrected chi connectivity index (χ3v) is 3.86. The third kappa shape index (κ3) is 2.78. The van der Waals surface area contributed by atoms with Gasteiger partial charge < -0.3 is 15.0 Å². The number of aromatic nitrogens is 3. The predicted octanol–water partition coefficient (Wildman–Crippen LogP) is 3.98. The molecule has 2 N–H and O–H groups in total. The standard InChI is InChI=1S/C19H16N4O2/c1-2-25-18(24)16-12-8-4-3-5-9-13(12)20-17(16)23-19-21-14-10-6-7-11-15(14)22-19/h3-11H,2H2,1H3,(H2,20,21,22,23). The van der Waals surface area contributed by atoms with E-state index in [4.69, 9.17) is 4.74 Å². The number of para-hydroxylation sites is 2. The molecule has 124 valence electrons. The lowest BCUT2D eigenvalue weighted by Gasteiger charge is -2.04. The predicted molar refractivity (Wildman–Crippen MR) is 96.2 cm³/mol. The number of aromatic amines is 1. The SMILES string of the molecule is CCOC(=O)c1c2cccccc-2nc1Nc1nc2ccccc2[nH]1. The van der Waals surface area contributed by atoms with Gasteiger partial charge in [0.25, 0.3) is 0 Å². The Morgan fingerprint density at radius 3 is 2.72 bits per heavy atom. The topological polar surface area (TPSA) is 79.9 Å². The van der Waals surface area contributed by atoms with Crippen molar-refractivity contribution in [1.29, 1.82) is 0 Å². The number of rotatable bonds is 4. The van der Waals surface area contributed by atoms with E-state index in [2.05, 4.69) is 20.3 Å². The number of carbonyl (C=O) groups excluding carboxylic acids is 1. The monoisotopic (exact) mass is 332 g/mol. The zero-order chi connectivity index (χ0) is 17.2. The summed E-state index contributed by atoms with van der Waals surface area (Å²) in [5, 5.41) is 3.12. The van der Waals surface area contributed by atoms with Gasteiger partial charge in [0.05, 0.1) is 23.3 Å². The van der Waals surface area contributed by atoms with Gasteiger partial charge in [-0.2, -0.15) is 0 Å². The maximum atomic E-state index is 12.5. The van der Waals surface area contributed by atoms with Crippen molar-refractivity contribution in [3.05, 3.63) is 60.2 Å². The first-order valence-corrected chi connectivity index (χ1v) is 8.04. The smallest absolute Gasteiger partial charge is 0.342 e. The van der Waals surface area contributed by atoms with Gasteiger partial charge in [-0.3, -0.25) is 0 Å². The Kier molecular flexibility index (Phi) is 3.78. The van der Waals surface area contributed by atoms with Crippen molar-refractivity contribution in [2.75, 3.05) is 11.9 Å². The minimum absolute atomic E-state index is 0.300. The molecule has 1 aliphatic heterocycles. The van der Waals surface area contributed by atoms with Crippen molar-refractivity contribution in [3.8, 4) is 11.3 Å². The van der Waals surface area contributed by atoms with E-state index in [1.165, 1.54) is 0 Å². The van der Waals surface area contributed by atoms with Crippen LogP contribution >= 0.6 is 0 Å². The molecule has 6 nitrogen and oxygen atoms in total. The summed E-state index contributed by atoms with van der Waals surface area (Å²) in [5.41, 5.74) is 3.61. The first-order chi connectivity index (χ1) is 12.3. The summed E-state index contributed by atoms with van der Waals surface area (Å²) in [6.45, 7) is 2.08. The molecule has 4 rings (SSSR count). The fourth-order valence-corrected chi connectivity index (χ4v) is 2.78. The van der Waals surface area contributed by atoms with E-state index in [1.54, 1.807) is 6.92 Å². The number of ether oxygens (including phenoxy) is 1. The Morgan fingerprint density at radius 1 is 1.08 bits per heavy atom. The second-order valence-corrected chi connectivity index (χ2v) is 5.49. The average molecular weight is 332 g/mol. The fourth-order valence-electron chi connectivity index (χ4n) is 2.78. The Hall–Kier alpha value is -3.41. The number of esters is 1. The summed E-state index contributed by atoms with van der Waals surface area (Å²) in [4.78, 5) is 24.7. The van der Waals surface area contributed by atoms with Gasteiger partial charge in [-0.05, 0) is 25.1 Å². The quantitative estimate of drug-likeness (QED) is 0.553. The molecular formula is C19H16N4O2. The van der Waals surface area contributed by atoms with Crippen LogP contribution in [0.2, 0.25) is 0 Å². The maximum absolute atomic E-state index is 12.5. The minimum Gasteiger partial charge on any atom is -0.462 e. The van der Waals surface area contributed by atoms with Crippen LogP contribution in [0.1, 0.15) is 17.3 Å². The molecule has 1 aromatic carbocycles. The third-order valence-electron chi connectivity index (χ3n) is 3.86. The van der Waals surface area contributed by atoms with Crippen LogP contribution in [0.5, 0.6) is 0 Å². The number of benzene rings is 1. The van der Waals surface area contributed by atoms with Crippen molar-refractivity contribution in [3.63, 3.8) is 0 Å². The molecule has 0 atom stereocenters. The number of carbonyl (C=O) groups is 1. The number of H-pyrrole nitrogens is 1. The number of hydrogen-bond donors (Lipinski definition) is 2. The van der Waals surface area contributed by atoms with E-state index >= 15 is 0 Å². The molecule has 0 amide bonds. The summed E-state index contributed by atoms with van der Waals surface area (Å²) >= 11 is 0. The first-order valence-electron chi connectivity index (χ1n) is 8.04. The molecule has 6 heteroatoms. The normalized spacial score (nSPS) is 10.9. The fraction of sp³-hybridized carbons (Fsp3) is 0.105. The van der Waals surface area contributed by atoms with E-state index in [0.29, 0.717) is 29.6 Å². The van der Waals surface area contributed by atoms with Gasteiger partial charge in [-0.15, -0.1) is 0 Å². The van der Waals surface area contributed by atoms with Crippen LogP contribution in [0.15, 0.2) is 54.6 Å². The second kappa shape index (κ2) is 6.24. The number of anilines is 2. The molecule has 25 heavy (non-hydrogen) atoms. The summed E-state index contributed by atoms with van der Waals surface area (Å²) in [6, 6.07) is 17.1. The van der Waals surface area contributed by atoms with Crippen molar-refractivity contribution < 1.29 is 9.53 Å². The maximum Gasteiger partial charge on any atom is 0.342 e. The van der Waals surface area contributed by atoms with E-state index in [9.17, 15) is 4.79 Å². The van der Waals surface area contributed by atoms with Gasteiger partial charge in [0.1, 0.15) is 11.4 Å². The van der Waals surface area contributed by atoms with Crippen molar-refractivity contribution in [1.82, 2.24) is 15.0 Å². The Bertz CT molecular complexity index is 992. The van der Waals surface area contributed by atoms with Crippen molar-refractivity contribution >= 4 is 28.8 Å². The van der Waals surface area contributed by atoms with Gasteiger partial charge in [0, 0.05) is 5.56 Å². The summed E-state index contributed by atoms with van der Waals surface area (Å²) < 4.78 is 5.21. The van der Waals surface area contributed by atoms with Gasteiger partial charge in [0.15, 0.2) is 0 Å². The molecule has 2 aromatic rings. The number of fused-ring (bicyclic) bond motifs is 2. The average Bonchev–Trinajstić information content (AvgIpc) is 3.08. The highest BCUT2D eigenvalue weighted by Gasteiger charge is 2.24. The van der Waals surface area contributed by atoms with Gasteiger partial charge >= 0.3 is 5.97 Å². The van der Waals surface area contributed by atoms with E-state index < -0.39 is 5.97 Å². The molecule has 0 bridgehead atoms. The van der Waals surface area contributed by atoms with E-state index in [-0.39, 0.29) is 0 Å². The highest BCUT2D eigenvalue weighted by atomic mass is 16.5. The van der Waals surface area contributed by atoms with Crippen LogP contribution in [0, 0.1) is 0 Å². The number of hydrogen-bond acceptors (Lipinski definition) is 5. The van der Waals surface area contributed by atoms with Crippen molar-refractivity contribution in [2.24, 2.45) is 0 Å². The molecule has 0 unspecified atom stereocenters. The number of imidazole rings is 1. The zero-order valence-electron chi connectivity index (χ0n) is 13.6. The lowest BCUT2D eigenvalue weighted by molar-refractivity contribution is 0.0528. The van der Waals surface area contributed by atoms with Gasteiger partial charge in [-0.25, -0.2) is 14.8 Å². The van der Waals surface area contributed by atoms with Crippen LogP contribution in [0.3, 0.4) is 0 Å². The molecule has 1 aromatic heterocycles. The Labute approximate surface area is 144 Å². The molecule has 0 saturated heterocycles. The van der Waals surface area contributed by atoms with Crippen LogP contribution < -0.4 is 5.32 Å². The van der Waals surface area contributed by atoms with E-state index in [0.717, 1.165) is 16.6 Å². The minimum atomic E-state index is -0.408. The highest BCUT2D eigenvalue weighted by Crippen LogP contribution is 2.33. The van der Waals surface area contributed by atoms with Gasteiger partial charge in [0.2, 0.25) is 5.95 Å². The van der Waals surface area contributed by atoms with Crippen LogP contribution in [0.4, 0.5) is 11.8 Å². The van der Waals surface area contributed by atoms with Crippen molar-refractivity contribution in [2.45, 2.75) is 6.92 Å². The molecule has 0 radical (unpaired) electrons.